The van der Waals surface area contributed by atoms with Gasteiger partial charge in [-0.05, 0) is 66.6 Å². The van der Waals surface area contributed by atoms with Crippen molar-refractivity contribution in [2.24, 2.45) is 0 Å². The number of aliphatic carboxylic acids is 1. The molecule has 1 aliphatic rings. The number of nitrogens with zero attached hydrogens (tertiary/aromatic N) is 1. The fourth-order valence-electron chi connectivity index (χ4n) is 6.46. The van der Waals surface area contributed by atoms with Crippen LogP contribution in [0.5, 0.6) is 11.5 Å². The number of ether oxygens (including phenoxy) is 4. The summed E-state index contributed by atoms with van der Waals surface area (Å²) in [5.41, 5.74) is 1.84. The highest BCUT2D eigenvalue weighted by molar-refractivity contribution is 5.79. The van der Waals surface area contributed by atoms with Crippen LogP contribution in [0.3, 0.4) is 0 Å². The summed E-state index contributed by atoms with van der Waals surface area (Å²) >= 11 is 0. The molecule has 1 N–H and O–H groups in total. The van der Waals surface area contributed by atoms with Crippen LogP contribution < -0.4 is 9.47 Å². The molecular formula is C39H49NO8. The number of carboxylic acids is 1. The summed E-state index contributed by atoms with van der Waals surface area (Å²) in [6.07, 6.45) is 5.38. The van der Waals surface area contributed by atoms with E-state index in [0.717, 1.165) is 53.9 Å². The van der Waals surface area contributed by atoms with Crippen LogP contribution in [0.1, 0.15) is 80.9 Å². The van der Waals surface area contributed by atoms with Gasteiger partial charge in [-0.3, -0.25) is 14.4 Å². The van der Waals surface area contributed by atoms with Gasteiger partial charge in [-0.15, -0.1) is 0 Å². The molecule has 4 rings (SSSR count). The highest BCUT2D eigenvalue weighted by Crippen LogP contribution is 2.42. The number of carboxylic acid groups (broad SMARTS) is 1. The smallest absolute Gasteiger partial charge is 0.303 e. The lowest BCUT2D eigenvalue weighted by atomic mass is 9.80. The Labute approximate surface area is 284 Å². The monoisotopic (exact) mass is 659 g/mol. The van der Waals surface area contributed by atoms with E-state index < -0.39 is 11.6 Å². The first-order chi connectivity index (χ1) is 23.3. The topological polar surface area (TPSA) is 112 Å². The maximum atomic E-state index is 13.6. The maximum Gasteiger partial charge on any atom is 0.303 e. The molecule has 1 heterocycles. The average molecular weight is 660 g/mol. The molecule has 9 heteroatoms. The zero-order valence-electron chi connectivity index (χ0n) is 28.4. The Morgan fingerprint density at radius 3 is 1.79 bits per heavy atom. The van der Waals surface area contributed by atoms with Gasteiger partial charge in [0.2, 0.25) is 5.91 Å². The molecule has 9 nitrogen and oxygen atoms in total. The molecule has 0 spiro atoms. The minimum absolute atomic E-state index is 0.0243. The van der Waals surface area contributed by atoms with E-state index in [4.69, 9.17) is 24.1 Å². The van der Waals surface area contributed by atoms with Crippen molar-refractivity contribution in [1.82, 2.24) is 4.90 Å². The Morgan fingerprint density at radius 2 is 1.25 bits per heavy atom. The van der Waals surface area contributed by atoms with Gasteiger partial charge in [0.05, 0.1) is 33.0 Å². The van der Waals surface area contributed by atoms with Gasteiger partial charge in [-0.1, -0.05) is 67.4 Å². The van der Waals surface area contributed by atoms with Crippen LogP contribution >= 0.6 is 0 Å². The zero-order chi connectivity index (χ0) is 34.4. The third-order valence-corrected chi connectivity index (χ3v) is 9.14. The first-order valence-corrected chi connectivity index (χ1v) is 16.8. The number of unbranched alkanes of at least 4 members (excludes halogenated alkanes) is 3. The number of hydrogen-bond donors (Lipinski definition) is 1. The minimum atomic E-state index is -0.981. The van der Waals surface area contributed by atoms with E-state index in [1.54, 1.807) is 21.3 Å². The number of benzene rings is 3. The molecule has 258 valence electrons. The van der Waals surface area contributed by atoms with E-state index in [1.165, 1.54) is 0 Å². The Bertz CT molecular complexity index is 1390. The summed E-state index contributed by atoms with van der Waals surface area (Å²) in [6.45, 7) is 0.806. The summed E-state index contributed by atoms with van der Waals surface area (Å²) < 4.78 is 23.8. The first kappa shape index (κ1) is 36.6. The normalized spacial score (nSPS) is 16.1. The van der Waals surface area contributed by atoms with E-state index >= 15 is 0 Å². The van der Waals surface area contributed by atoms with Crippen molar-refractivity contribution in [3.05, 3.63) is 95.6 Å². The molecule has 0 bridgehead atoms. The van der Waals surface area contributed by atoms with Gasteiger partial charge in [-0.2, -0.15) is 0 Å². The maximum absolute atomic E-state index is 13.6. The molecule has 3 aromatic rings. The van der Waals surface area contributed by atoms with Gasteiger partial charge < -0.3 is 29.0 Å². The highest BCUT2D eigenvalue weighted by atomic mass is 16.5. The van der Waals surface area contributed by atoms with E-state index in [9.17, 15) is 14.4 Å². The number of carbonyl (C=O) groups is 3. The zero-order valence-corrected chi connectivity index (χ0v) is 28.4. The van der Waals surface area contributed by atoms with Gasteiger partial charge in [-0.25, -0.2) is 0 Å². The molecule has 0 aromatic heterocycles. The second-order valence-corrected chi connectivity index (χ2v) is 12.3. The standard InChI is InChI=1S/C39H49NO8/c1-45-34-22-18-30(19-23-34)39(29-12-7-6-8-13-29,31-20-24-35(46-2)25-21-31)48-28-32-26-36(47-3)27-40(32)37(42)16-10-5-4-9-14-33(41)15-11-17-38(43)44/h6-8,12-13,18-25,32,36H,4-5,9-11,14-17,26-28H2,1-3H3,(H,43,44)/t32-,36+/m0/s1. The molecule has 1 saturated heterocycles. The van der Waals surface area contributed by atoms with E-state index in [-0.39, 0.29) is 30.3 Å². The van der Waals surface area contributed by atoms with Crippen LogP contribution in [0.15, 0.2) is 78.9 Å². The van der Waals surface area contributed by atoms with Crippen molar-refractivity contribution in [3.63, 3.8) is 0 Å². The lowest BCUT2D eigenvalue weighted by Gasteiger charge is -2.38. The number of methoxy groups -OCH3 is 3. The largest absolute Gasteiger partial charge is 0.497 e. The van der Waals surface area contributed by atoms with Crippen LogP contribution in [-0.4, -0.2) is 74.3 Å². The van der Waals surface area contributed by atoms with Gasteiger partial charge in [0.15, 0.2) is 0 Å². The summed E-state index contributed by atoms with van der Waals surface area (Å²) in [6, 6.07) is 25.8. The predicted octanol–water partition coefficient (Wildman–Crippen LogP) is 6.79. The molecule has 1 amide bonds. The molecule has 0 radical (unpaired) electrons. The van der Waals surface area contributed by atoms with Gasteiger partial charge in [0.25, 0.3) is 0 Å². The van der Waals surface area contributed by atoms with Gasteiger partial charge in [0.1, 0.15) is 22.9 Å². The number of Topliss-reactive ketones (excluding diaryl/α,β-unsaturated/α-hetero) is 1. The van der Waals surface area contributed by atoms with Crippen LogP contribution in [0.4, 0.5) is 0 Å². The third-order valence-electron chi connectivity index (χ3n) is 9.14. The molecule has 1 aliphatic heterocycles. The van der Waals surface area contributed by atoms with Crippen molar-refractivity contribution in [2.75, 3.05) is 34.5 Å². The van der Waals surface area contributed by atoms with Crippen molar-refractivity contribution in [1.29, 1.82) is 0 Å². The summed E-state index contributed by atoms with van der Waals surface area (Å²) in [4.78, 5) is 38.2. The highest BCUT2D eigenvalue weighted by Gasteiger charge is 2.41. The van der Waals surface area contributed by atoms with Crippen molar-refractivity contribution >= 4 is 17.7 Å². The fourth-order valence-corrected chi connectivity index (χ4v) is 6.46. The van der Waals surface area contributed by atoms with Gasteiger partial charge >= 0.3 is 5.97 Å². The van der Waals surface area contributed by atoms with E-state index in [2.05, 4.69) is 12.1 Å². The summed E-state index contributed by atoms with van der Waals surface area (Å²) in [5.74, 6) is 0.795. The fraction of sp³-hybridized carbons (Fsp3) is 0.462. The lowest BCUT2D eigenvalue weighted by Crippen LogP contribution is -2.42. The molecule has 3 aromatic carbocycles. The number of likely N-dealkylation sites (tertiary alicyclic amines) is 1. The van der Waals surface area contributed by atoms with E-state index in [0.29, 0.717) is 45.3 Å². The molecule has 0 saturated carbocycles. The second-order valence-electron chi connectivity index (χ2n) is 12.3. The number of ketones is 1. The number of amides is 1. The SMILES string of the molecule is COc1ccc(C(OC[C@@H]2C[C@@H](OC)CN2C(=O)CCCCCCC(=O)CCCC(=O)O)(c2ccccc2)c2ccc(OC)cc2)cc1. The van der Waals surface area contributed by atoms with Crippen LogP contribution in [-0.2, 0) is 29.5 Å². The quantitative estimate of drug-likeness (QED) is 0.104. The van der Waals surface area contributed by atoms with Crippen molar-refractivity contribution in [2.45, 2.75) is 82.0 Å². The Balaban J connectivity index is 1.48. The average Bonchev–Trinajstić information content (AvgIpc) is 3.54. The van der Waals surface area contributed by atoms with E-state index in [1.807, 2.05) is 71.6 Å². The molecule has 0 unspecified atom stereocenters. The predicted molar refractivity (Wildman–Crippen MR) is 183 cm³/mol. The van der Waals surface area contributed by atoms with Crippen LogP contribution in [0.25, 0.3) is 0 Å². The summed E-state index contributed by atoms with van der Waals surface area (Å²) in [7, 11) is 4.97. The molecule has 0 aliphatic carbocycles. The molecule has 48 heavy (non-hydrogen) atoms. The third kappa shape index (κ3) is 9.67. The Morgan fingerprint density at radius 1 is 0.708 bits per heavy atom. The Kier molecular flexibility index (Phi) is 14.0. The van der Waals surface area contributed by atoms with Gasteiger partial charge in [0, 0.05) is 39.3 Å². The Hall–Kier alpha value is -4.21. The lowest BCUT2D eigenvalue weighted by molar-refractivity contribution is -0.137. The molecule has 2 atom stereocenters. The van der Waals surface area contributed by atoms with Crippen LogP contribution in [0.2, 0.25) is 0 Å². The number of carbonyl (C=O) groups excluding carboxylic acids is 2. The molecule has 1 fully saturated rings. The van der Waals surface area contributed by atoms with Crippen LogP contribution in [0, 0.1) is 0 Å². The second kappa shape index (κ2) is 18.4. The van der Waals surface area contributed by atoms with Crippen molar-refractivity contribution in [3.8, 4) is 11.5 Å². The van der Waals surface area contributed by atoms with Crippen molar-refractivity contribution < 1.29 is 38.4 Å². The molecular weight excluding hydrogens is 610 g/mol. The summed E-state index contributed by atoms with van der Waals surface area (Å²) in [5, 5.41) is 8.74. The minimum Gasteiger partial charge on any atom is -0.497 e. The first-order valence-electron chi connectivity index (χ1n) is 16.8. The number of rotatable bonds is 20. The number of hydrogen-bond acceptors (Lipinski definition) is 7.